The number of oxime groups is 1. The molecule has 1 heterocycles. The Labute approximate surface area is 110 Å². The topological polar surface area (TPSA) is 85.0 Å². The van der Waals surface area contributed by atoms with Crippen molar-refractivity contribution in [3.8, 4) is 0 Å². The number of amidine groups is 1. The smallest absolute Gasteiger partial charge is 0.332 e. The van der Waals surface area contributed by atoms with Gasteiger partial charge in [-0.25, -0.2) is 4.79 Å². The summed E-state index contributed by atoms with van der Waals surface area (Å²) in [6.07, 6.45) is 1.48. The predicted molar refractivity (Wildman–Crippen MR) is 70.5 cm³/mol. The highest BCUT2D eigenvalue weighted by Gasteiger charge is 2.21. The zero-order chi connectivity index (χ0) is 13.8. The second-order valence-corrected chi connectivity index (χ2v) is 4.26. The zero-order valence-corrected chi connectivity index (χ0v) is 10.6. The maximum atomic E-state index is 11.6. The molecule has 0 aliphatic carbocycles. The van der Waals surface area contributed by atoms with Crippen LogP contribution in [0.3, 0.4) is 0 Å². The molecule has 1 amide bonds. The van der Waals surface area contributed by atoms with Gasteiger partial charge in [-0.1, -0.05) is 5.16 Å². The molecule has 1 saturated heterocycles. The van der Waals surface area contributed by atoms with Gasteiger partial charge in [0.1, 0.15) is 0 Å². The molecule has 0 bridgehead atoms. The molecular weight excluding hydrogens is 246 g/mol. The van der Waals surface area contributed by atoms with E-state index in [9.17, 15) is 9.59 Å². The Hall–Kier alpha value is -2.37. The molecule has 100 valence electrons. The zero-order valence-electron chi connectivity index (χ0n) is 10.6. The SMILES string of the molecule is CC(=O)O/N=C(\N)c1ccc(N2CCCC2=O)cc1. The summed E-state index contributed by atoms with van der Waals surface area (Å²) >= 11 is 0. The summed E-state index contributed by atoms with van der Waals surface area (Å²) in [6.45, 7) is 1.99. The summed E-state index contributed by atoms with van der Waals surface area (Å²) in [5.41, 5.74) is 7.14. The van der Waals surface area contributed by atoms with Crippen molar-refractivity contribution in [2.24, 2.45) is 10.9 Å². The van der Waals surface area contributed by atoms with E-state index in [1.54, 1.807) is 29.2 Å². The van der Waals surface area contributed by atoms with Gasteiger partial charge in [-0.3, -0.25) is 4.79 Å². The second-order valence-electron chi connectivity index (χ2n) is 4.26. The first-order chi connectivity index (χ1) is 9.08. The summed E-state index contributed by atoms with van der Waals surface area (Å²) in [4.78, 5) is 28.4. The first-order valence-electron chi connectivity index (χ1n) is 6.00. The number of carbonyl (C=O) groups is 2. The van der Waals surface area contributed by atoms with Crippen LogP contribution in [0.1, 0.15) is 25.3 Å². The highest BCUT2D eigenvalue weighted by Crippen LogP contribution is 2.21. The van der Waals surface area contributed by atoms with Gasteiger partial charge < -0.3 is 15.5 Å². The number of rotatable bonds is 3. The molecule has 2 rings (SSSR count). The quantitative estimate of drug-likeness (QED) is 0.380. The van der Waals surface area contributed by atoms with E-state index in [1.165, 1.54) is 6.92 Å². The van der Waals surface area contributed by atoms with Crippen molar-refractivity contribution in [2.45, 2.75) is 19.8 Å². The number of hydrogen-bond acceptors (Lipinski definition) is 4. The van der Waals surface area contributed by atoms with E-state index in [4.69, 9.17) is 5.73 Å². The molecule has 6 heteroatoms. The van der Waals surface area contributed by atoms with Crippen molar-refractivity contribution in [3.63, 3.8) is 0 Å². The molecule has 0 radical (unpaired) electrons. The van der Waals surface area contributed by atoms with E-state index >= 15 is 0 Å². The van der Waals surface area contributed by atoms with Crippen LogP contribution in [0.25, 0.3) is 0 Å². The van der Waals surface area contributed by atoms with Gasteiger partial charge in [0, 0.05) is 31.1 Å². The molecule has 0 aromatic heterocycles. The molecule has 19 heavy (non-hydrogen) atoms. The van der Waals surface area contributed by atoms with Crippen LogP contribution in [-0.2, 0) is 14.4 Å². The molecule has 1 aromatic rings. The van der Waals surface area contributed by atoms with E-state index in [2.05, 4.69) is 9.99 Å². The summed E-state index contributed by atoms with van der Waals surface area (Å²) < 4.78 is 0. The molecule has 0 saturated carbocycles. The molecule has 1 aliphatic heterocycles. The minimum Gasteiger partial charge on any atom is -0.380 e. The lowest BCUT2D eigenvalue weighted by Crippen LogP contribution is -2.23. The van der Waals surface area contributed by atoms with Crippen LogP contribution in [0.5, 0.6) is 0 Å². The average molecular weight is 261 g/mol. The average Bonchev–Trinajstić information content (AvgIpc) is 2.82. The van der Waals surface area contributed by atoms with E-state index in [0.717, 1.165) is 18.7 Å². The van der Waals surface area contributed by atoms with Gasteiger partial charge in [0.05, 0.1) is 0 Å². The maximum absolute atomic E-state index is 11.6. The largest absolute Gasteiger partial charge is 0.380 e. The fourth-order valence-electron chi connectivity index (χ4n) is 1.90. The van der Waals surface area contributed by atoms with Gasteiger partial charge in [-0.15, -0.1) is 0 Å². The van der Waals surface area contributed by atoms with E-state index in [0.29, 0.717) is 12.0 Å². The Morgan fingerprint density at radius 2 is 2.05 bits per heavy atom. The summed E-state index contributed by atoms with van der Waals surface area (Å²) in [6, 6.07) is 7.08. The van der Waals surface area contributed by atoms with Crippen molar-refractivity contribution < 1.29 is 14.4 Å². The molecule has 0 atom stereocenters. The van der Waals surface area contributed by atoms with Crippen molar-refractivity contribution in [3.05, 3.63) is 29.8 Å². The van der Waals surface area contributed by atoms with Gasteiger partial charge in [0.2, 0.25) is 5.91 Å². The Morgan fingerprint density at radius 1 is 1.37 bits per heavy atom. The lowest BCUT2D eigenvalue weighted by molar-refractivity contribution is -0.140. The molecule has 0 spiro atoms. The summed E-state index contributed by atoms with van der Waals surface area (Å²) in [7, 11) is 0. The number of carbonyl (C=O) groups excluding carboxylic acids is 2. The Kier molecular flexibility index (Phi) is 3.79. The Morgan fingerprint density at radius 3 is 2.58 bits per heavy atom. The van der Waals surface area contributed by atoms with Crippen LogP contribution < -0.4 is 10.6 Å². The van der Waals surface area contributed by atoms with Crippen LogP contribution in [-0.4, -0.2) is 24.3 Å². The normalized spacial score (nSPS) is 15.7. The first-order valence-corrected chi connectivity index (χ1v) is 6.00. The van der Waals surface area contributed by atoms with Crippen LogP contribution >= 0.6 is 0 Å². The molecule has 1 fully saturated rings. The van der Waals surface area contributed by atoms with Crippen molar-refractivity contribution in [2.75, 3.05) is 11.4 Å². The molecule has 1 aromatic carbocycles. The predicted octanol–water partition coefficient (Wildman–Crippen LogP) is 0.997. The van der Waals surface area contributed by atoms with Crippen molar-refractivity contribution in [1.29, 1.82) is 0 Å². The van der Waals surface area contributed by atoms with Gasteiger partial charge in [-0.05, 0) is 30.7 Å². The minimum atomic E-state index is -0.526. The number of amides is 1. The third-order valence-electron chi connectivity index (χ3n) is 2.82. The lowest BCUT2D eigenvalue weighted by Gasteiger charge is -2.15. The van der Waals surface area contributed by atoms with Crippen LogP contribution in [0.4, 0.5) is 5.69 Å². The first kappa shape index (κ1) is 13.1. The molecule has 6 nitrogen and oxygen atoms in total. The van der Waals surface area contributed by atoms with Crippen LogP contribution in [0.15, 0.2) is 29.4 Å². The van der Waals surface area contributed by atoms with Crippen molar-refractivity contribution >= 4 is 23.4 Å². The highest BCUT2D eigenvalue weighted by atomic mass is 16.7. The van der Waals surface area contributed by atoms with Gasteiger partial charge in [-0.2, -0.15) is 0 Å². The summed E-state index contributed by atoms with van der Waals surface area (Å²) in [5.74, 6) is -0.272. The van der Waals surface area contributed by atoms with E-state index in [-0.39, 0.29) is 11.7 Å². The molecule has 2 N–H and O–H groups in total. The Balaban J connectivity index is 2.12. The number of nitrogens with zero attached hydrogens (tertiary/aromatic N) is 2. The monoisotopic (exact) mass is 261 g/mol. The third kappa shape index (κ3) is 3.09. The van der Waals surface area contributed by atoms with Crippen LogP contribution in [0, 0.1) is 0 Å². The Bertz CT molecular complexity index is 522. The maximum Gasteiger partial charge on any atom is 0.332 e. The number of benzene rings is 1. The molecular formula is C13H15N3O3. The standard InChI is InChI=1S/C13H15N3O3/c1-9(17)19-15-13(14)10-4-6-11(7-5-10)16-8-2-3-12(16)18/h4-7H,2-3,8H2,1H3,(H2,14,15). The number of hydrogen-bond donors (Lipinski definition) is 1. The number of nitrogens with two attached hydrogens (primary N) is 1. The fraction of sp³-hybridized carbons (Fsp3) is 0.308. The van der Waals surface area contributed by atoms with Crippen molar-refractivity contribution in [1.82, 2.24) is 0 Å². The minimum absolute atomic E-state index is 0.120. The summed E-state index contributed by atoms with van der Waals surface area (Å²) in [5, 5.41) is 3.50. The van der Waals surface area contributed by atoms with E-state index < -0.39 is 5.97 Å². The van der Waals surface area contributed by atoms with E-state index in [1.807, 2.05) is 0 Å². The molecule has 1 aliphatic rings. The van der Waals surface area contributed by atoms with Gasteiger partial charge in [0.15, 0.2) is 5.84 Å². The second kappa shape index (κ2) is 5.51. The highest BCUT2D eigenvalue weighted by molar-refractivity contribution is 5.99. The third-order valence-corrected chi connectivity index (χ3v) is 2.82. The lowest BCUT2D eigenvalue weighted by atomic mass is 10.2. The molecule has 0 unspecified atom stereocenters. The van der Waals surface area contributed by atoms with Gasteiger partial charge in [0.25, 0.3) is 0 Å². The number of anilines is 1. The fourth-order valence-corrected chi connectivity index (χ4v) is 1.90. The van der Waals surface area contributed by atoms with Gasteiger partial charge >= 0.3 is 5.97 Å². The van der Waals surface area contributed by atoms with Crippen LogP contribution in [0.2, 0.25) is 0 Å².